The zero-order valence-electron chi connectivity index (χ0n) is 15.3. The Balaban J connectivity index is 1.80. The second-order valence-electron chi connectivity index (χ2n) is 7.77. The molecule has 0 spiro atoms. The van der Waals surface area contributed by atoms with Crippen molar-refractivity contribution in [1.82, 2.24) is 14.7 Å². The summed E-state index contributed by atoms with van der Waals surface area (Å²) >= 11 is 0. The molecule has 2 heterocycles. The number of nitrogens with one attached hydrogen (secondary N) is 1. The van der Waals surface area contributed by atoms with Crippen molar-refractivity contribution in [2.75, 3.05) is 0 Å². The number of imidazole rings is 1. The van der Waals surface area contributed by atoms with Crippen LogP contribution < -0.4 is 5.32 Å². The Morgan fingerprint density at radius 1 is 1.32 bits per heavy atom. The van der Waals surface area contributed by atoms with Gasteiger partial charge in [-0.1, -0.05) is 0 Å². The summed E-state index contributed by atoms with van der Waals surface area (Å²) < 4.78 is 7.21. The maximum absolute atomic E-state index is 11.8. The molecule has 1 amide bonds. The van der Waals surface area contributed by atoms with Crippen LogP contribution in [0.25, 0.3) is 5.65 Å². The first kappa shape index (κ1) is 17.5. The van der Waals surface area contributed by atoms with Gasteiger partial charge in [0.1, 0.15) is 17.0 Å². The Morgan fingerprint density at radius 2 is 2.04 bits per heavy atom. The topological polar surface area (TPSA) is 72.7 Å². The summed E-state index contributed by atoms with van der Waals surface area (Å²) in [6.07, 6.45) is 6.30. The minimum atomic E-state index is -0.531. The zero-order valence-corrected chi connectivity index (χ0v) is 15.3. The van der Waals surface area contributed by atoms with Crippen LogP contribution in [0, 0.1) is 0 Å². The van der Waals surface area contributed by atoms with E-state index in [1.54, 1.807) is 6.92 Å². The van der Waals surface area contributed by atoms with Crippen molar-refractivity contribution in [3.05, 3.63) is 35.3 Å². The average molecular weight is 343 g/mol. The number of Topliss-reactive ketones (excluding diaryl/α,β-unsaturated/α-hetero) is 1. The van der Waals surface area contributed by atoms with Gasteiger partial charge in [0.15, 0.2) is 0 Å². The van der Waals surface area contributed by atoms with Crippen LogP contribution in [-0.4, -0.2) is 26.9 Å². The number of rotatable bonds is 5. The van der Waals surface area contributed by atoms with Gasteiger partial charge in [-0.3, -0.25) is 4.79 Å². The van der Waals surface area contributed by atoms with Crippen molar-refractivity contribution in [1.29, 1.82) is 0 Å². The van der Waals surface area contributed by atoms with E-state index in [1.807, 2.05) is 31.4 Å². The van der Waals surface area contributed by atoms with Crippen LogP contribution >= 0.6 is 0 Å². The van der Waals surface area contributed by atoms with Crippen LogP contribution in [0.1, 0.15) is 63.3 Å². The van der Waals surface area contributed by atoms with Crippen LogP contribution in [0.15, 0.2) is 18.5 Å². The van der Waals surface area contributed by atoms with E-state index in [0.29, 0.717) is 12.3 Å². The van der Waals surface area contributed by atoms with Gasteiger partial charge in [0, 0.05) is 24.4 Å². The summed E-state index contributed by atoms with van der Waals surface area (Å²) in [6.45, 7) is 7.35. The molecule has 1 aliphatic rings. The van der Waals surface area contributed by atoms with Gasteiger partial charge in [0.25, 0.3) is 0 Å². The second-order valence-corrected chi connectivity index (χ2v) is 7.77. The SMILES string of the molecule is CC(=O)Cc1cc(C2CC2)cn2cc(CNC(=O)OC(C)(C)C)nc12. The largest absolute Gasteiger partial charge is 0.444 e. The number of ether oxygens (including phenoxy) is 1. The number of aromatic nitrogens is 2. The smallest absolute Gasteiger partial charge is 0.407 e. The third-order valence-corrected chi connectivity index (χ3v) is 4.00. The lowest BCUT2D eigenvalue weighted by atomic mass is 10.1. The third kappa shape index (κ3) is 4.59. The first-order chi connectivity index (χ1) is 11.7. The number of pyridine rings is 1. The van der Waals surface area contributed by atoms with E-state index >= 15 is 0 Å². The summed E-state index contributed by atoms with van der Waals surface area (Å²) in [5.41, 5.74) is 3.19. The Morgan fingerprint density at radius 3 is 2.64 bits per heavy atom. The Bertz CT molecular complexity index is 813. The van der Waals surface area contributed by atoms with Gasteiger partial charge in [0.2, 0.25) is 0 Å². The highest BCUT2D eigenvalue weighted by Crippen LogP contribution is 2.40. The molecule has 1 aliphatic carbocycles. The summed E-state index contributed by atoms with van der Waals surface area (Å²) in [6, 6.07) is 2.10. The molecule has 6 heteroatoms. The van der Waals surface area contributed by atoms with Crippen molar-refractivity contribution >= 4 is 17.5 Å². The summed E-state index contributed by atoms with van der Waals surface area (Å²) in [5.74, 6) is 0.715. The van der Waals surface area contributed by atoms with Crippen LogP contribution in [0.2, 0.25) is 0 Å². The van der Waals surface area contributed by atoms with Crippen molar-refractivity contribution < 1.29 is 14.3 Å². The molecule has 0 aliphatic heterocycles. The molecule has 0 atom stereocenters. The quantitative estimate of drug-likeness (QED) is 0.903. The molecule has 1 saturated carbocycles. The van der Waals surface area contributed by atoms with Crippen molar-refractivity contribution in [2.24, 2.45) is 0 Å². The first-order valence-corrected chi connectivity index (χ1v) is 8.68. The van der Waals surface area contributed by atoms with Crippen molar-refractivity contribution in [3.8, 4) is 0 Å². The van der Waals surface area contributed by atoms with Gasteiger partial charge in [-0.25, -0.2) is 9.78 Å². The number of carbonyl (C=O) groups is 2. The number of amides is 1. The predicted octanol–water partition coefficient (Wildman–Crippen LogP) is 3.37. The van der Waals surface area contributed by atoms with Crippen LogP contribution in [0.4, 0.5) is 4.79 Å². The van der Waals surface area contributed by atoms with Gasteiger partial charge in [-0.2, -0.15) is 0 Å². The molecule has 3 rings (SSSR count). The molecule has 0 bridgehead atoms. The highest BCUT2D eigenvalue weighted by molar-refractivity contribution is 5.80. The Labute approximate surface area is 147 Å². The van der Waals surface area contributed by atoms with E-state index < -0.39 is 11.7 Å². The van der Waals surface area contributed by atoms with Gasteiger partial charge in [-0.05, 0) is 58.1 Å². The molecule has 0 radical (unpaired) electrons. The van der Waals surface area contributed by atoms with E-state index in [-0.39, 0.29) is 12.3 Å². The van der Waals surface area contributed by atoms with E-state index in [4.69, 9.17) is 4.74 Å². The monoisotopic (exact) mass is 343 g/mol. The molecule has 0 aromatic carbocycles. The number of carbonyl (C=O) groups excluding carboxylic acids is 2. The fourth-order valence-corrected chi connectivity index (χ4v) is 2.84. The van der Waals surface area contributed by atoms with Crippen molar-refractivity contribution in [2.45, 2.75) is 65.0 Å². The fourth-order valence-electron chi connectivity index (χ4n) is 2.84. The molecule has 134 valence electrons. The van der Waals surface area contributed by atoms with E-state index in [9.17, 15) is 9.59 Å². The maximum atomic E-state index is 11.8. The highest BCUT2D eigenvalue weighted by atomic mass is 16.6. The molecule has 6 nitrogen and oxygen atoms in total. The lowest BCUT2D eigenvalue weighted by Crippen LogP contribution is -2.32. The average Bonchev–Trinajstić information content (AvgIpc) is 3.23. The third-order valence-electron chi connectivity index (χ3n) is 4.00. The first-order valence-electron chi connectivity index (χ1n) is 8.68. The standard InChI is InChI=1S/C19H25N3O3/c1-12(23)7-14-8-15(13-5-6-13)10-22-11-16(21-17(14)22)9-20-18(24)25-19(2,3)4/h8,10-11,13H,5-7,9H2,1-4H3,(H,20,24). The van der Waals surface area contributed by atoms with Crippen LogP contribution in [0.5, 0.6) is 0 Å². The lowest BCUT2D eigenvalue weighted by Gasteiger charge is -2.19. The van der Waals surface area contributed by atoms with Crippen LogP contribution in [-0.2, 0) is 22.5 Å². The molecule has 1 N–H and O–H groups in total. The highest BCUT2D eigenvalue weighted by Gasteiger charge is 2.25. The molecule has 1 fully saturated rings. The van der Waals surface area contributed by atoms with Gasteiger partial charge < -0.3 is 14.5 Å². The maximum Gasteiger partial charge on any atom is 0.407 e. The van der Waals surface area contributed by atoms with Gasteiger partial charge in [-0.15, -0.1) is 0 Å². The van der Waals surface area contributed by atoms with Crippen molar-refractivity contribution in [3.63, 3.8) is 0 Å². The molecular formula is C19H25N3O3. The number of ketones is 1. The zero-order chi connectivity index (χ0) is 18.2. The summed E-state index contributed by atoms with van der Waals surface area (Å²) in [5, 5.41) is 2.72. The molecule has 0 saturated heterocycles. The number of fused-ring (bicyclic) bond motifs is 1. The number of nitrogens with zero attached hydrogens (tertiary/aromatic N) is 2. The second kappa shape index (κ2) is 6.50. The molecule has 25 heavy (non-hydrogen) atoms. The summed E-state index contributed by atoms with van der Waals surface area (Å²) in [4.78, 5) is 28.0. The predicted molar refractivity (Wildman–Crippen MR) is 94.6 cm³/mol. The number of hydrogen-bond donors (Lipinski definition) is 1. The van der Waals surface area contributed by atoms with E-state index in [0.717, 1.165) is 16.9 Å². The van der Waals surface area contributed by atoms with Crippen LogP contribution in [0.3, 0.4) is 0 Å². The molecule has 2 aromatic rings. The van der Waals surface area contributed by atoms with E-state index in [1.165, 1.54) is 18.4 Å². The Kier molecular flexibility index (Phi) is 4.54. The van der Waals surface area contributed by atoms with Gasteiger partial charge in [0.05, 0.1) is 12.2 Å². The number of alkyl carbamates (subject to hydrolysis) is 1. The van der Waals surface area contributed by atoms with Gasteiger partial charge >= 0.3 is 6.09 Å². The molecule has 0 unspecified atom stereocenters. The fraction of sp³-hybridized carbons (Fsp3) is 0.526. The van der Waals surface area contributed by atoms with E-state index in [2.05, 4.69) is 22.6 Å². The minimum absolute atomic E-state index is 0.117. The normalized spacial score (nSPS) is 14.6. The minimum Gasteiger partial charge on any atom is -0.444 e. The molecule has 2 aromatic heterocycles. The lowest BCUT2D eigenvalue weighted by molar-refractivity contribution is -0.116. The Hall–Kier alpha value is -2.37. The number of hydrogen-bond acceptors (Lipinski definition) is 4. The molecular weight excluding hydrogens is 318 g/mol. The summed E-state index contributed by atoms with van der Waals surface area (Å²) in [7, 11) is 0.